The summed E-state index contributed by atoms with van der Waals surface area (Å²) >= 11 is 6.99. The van der Waals surface area contributed by atoms with Gasteiger partial charge in [0.05, 0.1) is 32.3 Å². The number of carbonyl (C=O) groups excluding carboxylic acids is 5. The van der Waals surface area contributed by atoms with E-state index in [-0.39, 0.29) is 57.0 Å². The third-order valence-corrected chi connectivity index (χ3v) is 15.7. The maximum atomic E-state index is 14.8. The molecule has 0 bridgehead atoms. The minimum absolute atomic E-state index is 0.00524. The fourth-order valence-corrected chi connectivity index (χ4v) is 11.2. The first-order valence-electron chi connectivity index (χ1n) is 31.4. The summed E-state index contributed by atoms with van der Waals surface area (Å²) in [5.41, 5.74) is 5.84. The summed E-state index contributed by atoms with van der Waals surface area (Å²) in [6.45, 7) is 10.1. The molecule has 0 saturated heterocycles. The first kappa shape index (κ1) is 68.5. The van der Waals surface area contributed by atoms with Crippen LogP contribution in [0, 0.1) is 12.8 Å². The van der Waals surface area contributed by atoms with Crippen LogP contribution in [0.3, 0.4) is 0 Å². The zero-order valence-electron chi connectivity index (χ0n) is 51.4. The summed E-state index contributed by atoms with van der Waals surface area (Å²) < 4.78 is 34.7. The number of hydrogen-bond acceptors (Lipinski definition) is 11. The fraction of sp³-hybridized carbons (Fsp3) is 0.507. The lowest BCUT2D eigenvalue weighted by Gasteiger charge is -2.37. The van der Waals surface area contributed by atoms with Crippen LogP contribution in [-0.4, -0.2) is 94.9 Å². The molecule has 0 spiro atoms. The predicted molar refractivity (Wildman–Crippen MR) is 339 cm³/mol. The van der Waals surface area contributed by atoms with Crippen molar-refractivity contribution in [2.75, 3.05) is 59.5 Å². The number of ketones is 1. The number of urea groups is 1. The minimum Gasteiger partial charge on any atom is -0.460 e. The first-order chi connectivity index (χ1) is 41.7. The van der Waals surface area contributed by atoms with Crippen LogP contribution in [0.2, 0.25) is 5.02 Å². The van der Waals surface area contributed by atoms with Gasteiger partial charge in [-0.15, -0.1) is 0 Å². The third-order valence-electron chi connectivity index (χ3n) is 15.4. The van der Waals surface area contributed by atoms with E-state index in [0.29, 0.717) is 73.9 Å². The number of carbonyl (C=O) groups is 5. The molecule has 5 aromatic carbocycles. The highest BCUT2D eigenvalue weighted by Gasteiger charge is 2.43. The summed E-state index contributed by atoms with van der Waals surface area (Å²) in [6.07, 6.45) is 16.7. The van der Waals surface area contributed by atoms with Gasteiger partial charge in [-0.2, -0.15) is 0 Å². The Morgan fingerprint density at radius 2 is 1.05 bits per heavy atom. The second-order valence-electron chi connectivity index (χ2n) is 23.4. The number of amides is 3. The van der Waals surface area contributed by atoms with Crippen molar-refractivity contribution >= 4 is 41.4 Å². The summed E-state index contributed by atoms with van der Waals surface area (Å²) in [7, 11) is 0. The van der Waals surface area contributed by atoms with Gasteiger partial charge in [-0.1, -0.05) is 216 Å². The van der Waals surface area contributed by atoms with E-state index in [2.05, 4.69) is 40.2 Å². The van der Waals surface area contributed by atoms with Gasteiger partial charge < -0.3 is 44.4 Å². The maximum absolute atomic E-state index is 14.8. The Morgan fingerprint density at radius 1 is 0.523 bits per heavy atom. The Balaban J connectivity index is 0.873. The SMILES string of the molecule is Cc1ccc(C(OC(=O)[C@H](CCNC(=O)NCOCCOCCOCCCNC(=O)OCC2c3ccccc3-c3ccccc32)CC(=O)CCCCCCCCCCCCCCCCC(=O)OC(C)(C)C)(c2ccccc2)c2ccccc2Cl)cc1. The zero-order chi connectivity index (χ0) is 61.2. The quantitative estimate of drug-likeness (QED) is 0.0112. The van der Waals surface area contributed by atoms with Crippen LogP contribution in [0.25, 0.3) is 11.1 Å². The van der Waals surface area contributed by atoms with E-state index in [4.69, 9.17) is 40.0 Å². The van der Waals surface area contributed by atoms with Gasteiger partial charge in [0.2, 0.25) is 0 Å². The summed E-state index contributed by atoms with van der Waals surface area (Å²) in [5, 5.41) is 8.74. The van der Waals surface area contributed by atoms with Crippen molar-refractivity contribution in [3.63, 3.8) is 0 Å². The van der Waals surface area contributed by atoms with Crippen LogP contribution in [-0.2, 0) is 48.4 Å². The van der Waals surface area contributed by atoms with Crippen LogP contribution in [0.15, 0.2) is 127 Å². The highest BCUT2D eigenvalue weighted by Crippen LogP contribution is 2.46. The molecule has 0 saturated carbocycles. The molecule has 2 atom stereocenters. The number of benzene rings is 5. The van der Waals surface area contributed by atoms with Crippen molar-refractivity contribution in [1.29, 1.82) is 0 Å². The first-order valence-corrected chi connectivity index (χ1v) is 31.8. The summed E-state index contributed by atoms with van der Waals surface area (Å²) in [6, 6.07) is 40.7. The highest BCUT2D eigenvalue weighted by molar-refractivity contribution is 6.31. The van der Waals surface area contributed by atoms with Crippen LogP contribution in [0.5, 0.6) is 0 Å². The van der Waals surface area contributed by atoms with Crippen LogP contribution in [0.4, 0.5) is 9.59 Å². The molecule has 1 aliphatic carbocycles. The zero-order valence-corrected chi connectivity index (χ0v) is 52.2. The molecule has 3 N–H and O–H groups in total. The van der Waals surface area contributed by atoms with Crippen molar-refractivity contribution < 1.29 is 52.4 Å². The molecule has 5 aromatic rings. The van der Waals surface area contributed by atoms with E-state index in [0.717, 1.165) is 50.5 Å². The van der Waals surface area contributed by atoms with Crippen molar-refractivity contribution in [3.8, 4) is 11.1 Å². The van der Waals surface area contributed by atoms with E-state index in [1.54, 1.807) is 6.07 Å². The molecular formula is C71H94ClN3O11. The number of Topliss-reactive ketones (excluding diaryl/α,β-unsaturated/α-hetero) is 1. The van der Waals surface area contributed by atoms with Crippen LogP contribution < -0.4 is 16.0 Å². The lowest BCUT2D eigenvalue weighted by Crippen LogP contribution is -2.40. The number of alkyl carbamates (subject to hydrolysis) is 1. The number of nitrogens with one attached hydrogen (secondary N) is 3. The van der Waals surface area contributed by atoms with E-state index >= 15 is 0 Å². The molecule has 466 valence electrons. The van der Waals surface area contributed by atoms with Crippen molar-refractivity contribution in [2.24, 2.45) is 5.92 Å². The number of esters is 2. The van der Waals surface area contributed by atoms with Crippen LogP contribution in [0.1, 0.15) is 182 Å². The van der Waals surface area contributed by atoms with Gasteiger partial charge in [-0.25, -0.2) is 9.59 Å². The number of fused-ring (bicyclic) bond motifs is 3. The van der Waals surface area contributed by atoms with Gasteiger partial charge in [-0.05, 0) is 81.7 Å². The van der Waals surface area contributed by atoms with Gasteiger partial charge in [-0.3, -0.25) is 14.4 Å². The van der Waals surface area contributed by atoms with Crippen molar-refractivity contribution in [1.82, 2.24) is 16.0 Å². The number of hydrogen-bond donors (Lipinski definition) is 3. The molecular weight excluding hydrogens is 1110 g/mol. The molecule has 3 amide bonds. The molecule has 86 heavy (non-hydrogen) atoms. The largest absolute Gasteiger partial charge is 0.460 e. The Labute approximate surface area is 516 Å². The summed E-state index contributed by atoms with van der Waals surface area (Å²) in [4.78, 5) is 66.0. The Bertz CT molecular complexity index is 2780. The van der Waals surface area contributed by atoms with Crippen LogP contribution >= 0.6 is 11.6 Å². The predicted octanol–water partition coefficient (Wildman–Crippen LogP) is 15.3. The topological polar surface area (TPSA) is 177 Å². The molecule has 0 aromatic heterocycles. The lowest BCUT2D eigenvalue weighted by molar-refractivity contribution is -0.160. The van der Waals surface area contributed by atoms with Gasteiger partial charge in [0, 0.05) is 66.6 Å². The second-order valence-corrected chi connectivity index (χ2v) is 23.8. The number of aryl methyl sites for hydroxylation is 1. The molecule has 0 aliphatic heterocycles. The number of rotatable bonds is 41. The fourth-order valence-electron chi connectivity index (χ4n) is 10.9. The Morgan fingerprint density at radius 3 is 1.65 bits per heavy atom. The lowest BCUT2D eigenvalue weighted by atomic mass is 9.79. The molecule has 1 aliphatic rings. The maximum Gasteiger partial charge on any atom is 0.407 e. The third kappa shape index (κ3) is 23.6. The number of unbranched alkanes of at least 4 members (excludes halogenated alkanes) is 13. The molecule has 14 nitrogen and oxygen atoms in total. The van der Waals surface area contributed by atoms with E-state index in [9.17, 15) is 24.0 Å². The van der Waals surface area contributed by atoms with E-state index in [1.807, 2.05) is 125 Å². The second kappa shape index (κ2) is 37.9. The molecule has 0 fully saturated rings. The normalized spacial score (nSPS) is 13.0. The Kier molecular flexibility index (Phi) is 30.2. The van der Waals surface area contributed by atoms with E-state index in [1.165, 1.54) is 67.2 Å². The van der Waals surface area contributed by atoms with Gasteiger partial charge >= 0.3 is 24.1 Å². The summed E-state index contributed by atoms with van der Waals surface area (Å²) in [5.74, 6) is -1.57. The average molecular weight is 1200 g/mol. The molecule has 0 heterocycles. The molecule has 6 rings (SSSR count). The highest BCUT2D eigenvalue weighted by atomic mass is 35.5. The number of halogens is 1. The van der Waals surface area contributed by atoms with Gasteiger partial charge in [0.25, 0.3) is 0 Å². The van der Waals surface area contributed by atoms with E-state index < -0.39 is 35.2 Å². The minimum atomic E-state index is -1.45. The van der Waals surface area contributed by atoms with Gasteiger partial charge in [0.1, 0.15) is 24.7 Å². The monoisotopic (exact) mass is 1200 g/mol. The van der Waals surface area contributed by atoms with Gasteiger partial charge in [0.15, 0.2) is 5.60 Å². The molecule has 1 unspecified atom stereocenters. The van der Waals surface area contributed by atoms with Crippen molar-refractivity contribution in [3.05, 3.63) is 166 Å². The molecule has 15 heteroatoms. The standard InChI is InChI=1S/C71H94ClN3O11/c1-54-39-41-57(42-40-54)71(56-29-18-17-19-30-56,64-36-26-27-37-65(64)72)86-67(78)55(51-58(76)31-20-15-13-11-9-7-5-6-8-10-12-14-16-21-38-66(77)85-70(2,3)4)43-45-73-68(79)75-53-83-50-49-82-48-47-81-46-28-44-74-69(80)84-52-63-61-34-24-22-32-59(61)60-33-23-25-35-62(60)63/h17-19,22-27,29-30,32-37,39-42,55,63H,5-16,20-21,28,31,38,43-53H2,1-4H3,(H,74,80)(H2,73,75,79)/t55-,71?/m1/s1. The Hall–Kier alpha value is -6.58. The van der Waals surface area contributed by atoms with Crippen molar-refractivity contribution in [2.45, 2.75) is 167 Å². The number of ether oxygens (including phenoxy) is 6. The average Bonchev–Trinajstić information content (AvgIpc) is 0.969. The smallest absolute Gasteiger partial charge is 0.407 e. The molecule has 0 radical (unpaired) electrons.